The van der Waals surface area contributed by atoms with Crippen LogP contribution in [0.2, 0.25) is 0 Å². The summed E-state index contributed by atoms with van der Waals surface area (Å²) in [4.78, 5) is 5.51. The van der Waals surface area contributed by atoms with Crippen LogP contribution in [0.25, 0.3) is 16.9 Å². The molecule has 0 radical (unpaired) electrons. The number of alkyl halides is 3. The number of hydrogen-bond donors (Lipinski definition) is 0. The third-order valence-corrected chi connectivity index (χ3v) is 4.78. The molecular formula is C20H12F3N3S. The molecule has 0 unspecified atom stereocenters. The Morgan fingerprint density at radius 1 is 1.07 bits per heavy atom. The Labute approximate surface area is 157 Å². The monoisotopic (exact) mass is 383 g/mol. The number of aromatic nitrogens is 3. The minimum atomic E-state index is -4.36. The lowest BCUT2D eigenvalue weighted by atomic mass is 10.1. The third-order valence-electron chi connectivity index (χ3n) is 4.00. The first-order valence-corrected chi connectivity index (χ1v) is 8.88. The van der Waals surface area contributed by atoms with E-state index in [1.54, 1.807) is 28.1 Å². The van der Waals surface area contributed by atoms with Crippen LogP contribution in [-0.2, 0) is 6.18 Å². The molecule has 0 aliphatic rings. The molecule has 4 aromatic rings. The lowest BCUT2D eigenvalue weighted by molar-refractivity contribution is -0.137. The molecule has 0 aliphatic carbocycles. The Morgan fingerprint density at radius 3 is 2.52 bits per heavy atom. The van der Waals surface area contributed by atoms with Gasteiger partial charge in [0.15, 0.2) is 5.65 Å². The quantitative estimate of drug-likeness (QED) is 0.424. The maximum atomic E-state index is 12.8. The van der Waals surface area contributed by atoms with E-state index in [9.17, 15) is 13.2 Å². The summed E-state index contributed by atoms with van der Waals surface area (Å²) < 4.78 is 40.0. The number of fused-ring (bicyclic) bond motifs is 1. The van der Waals surface area contributed by atoms with Crippen molar-refractivity contribution in [3.8, 4) is 23.1 Å². The van der Waals surface area contributed by atoms with Crippen LogP contribution >= 0.6 is 11.3 Å². The van der Waals surface area contributed by atoms with E-state index in [0.29, 0.717) is 22.5 Å². The highest BCUT2D eigenvalue weighted by molar-refractivity contribution is 7.10. The van der Waals surface area contributed by atoms with E-state index >= 15 is 0 Å². The lowest BCUT2D eigenvalue weighted by Gasteiger charge is -2.08. The second kappa shape index (κ2) is 6.56. The van der Waals surface area contributed by atoms with Crippen LogP contribution in [0.5, 0.6) is 0 Å². The highest BCUT2D eigenvalue weighted by Crippen LogP contribution is 2.31. The average Bonchev–Trinajstić information content (AvgIpc) is 3.29. The first-order valence-electron chi connectivity index (χ1n) is 8.00. The molecule has 0 spiro atoms. The molecule has 7 heteroatoms. The zero-order valence-corrected chi connectivity index (χ0v) is 14.9. The van der Waals surface area contributed by atoms with Crippen molar-refractivity contribution in [1.29, 1.82) is 0 Å². The third kappa shape index (κ3) is 3.44. The van der Waals surface area contributed by atoms with Gasteiger partial charge in [-0.05, 0) is 36.6 Å². The van der Waals surface area contributed by atoms with Crippen LogP contribution in [0.4, 0.5) is 13.2 Å². The molecule has 0 saturated carbocycles. The second-order valence-electron chi connectivity index (χ2n) is 5.88. The number of aryl methyl sites for hydroxylation is 1. The maximum Gasteiger partial charge on any atom is 0.416 e. The SMILES string of the molecule is Cc1cc(-c2ccc(C(F)(F)F)cc2)nc2c(C#Cc3cccs3)cnn12. The van der Waals surface area contributed by atoms with Crippen molar-refractivity contribution in [3.05, 3.63) is 75.7 Å². The van der Waals surface area contributed by atoms with Gasteiger partial charge in [-0.2, -0.15) is 18.3 Å². The first-order chi connectivity index (χ1) is 12.9. The normalized spacial score (nSPS) is 11.4. The average molecular weight is 383 g/mol. The largest absolute Gasteiger partial charge is 0.416 e. The number of hydrogen-bond acceptors (Lipinski definition) is 3. The molecule has 0 fully saturated rings. The molecule has 1 aromatic carbocycles. The van der Waals surface area contributed by atoms with Gasteiger partial charge in [-0.3, -0.25) is 0 Å². The van der Waals surface area contributed by atoms with E-state index in [1.807, 2.05) is 24.4 Å². The number of nitrogens with zero attached hydrogens (tertiary/aromatic N) is 3. The van der Waals surface area contributed by atoms with Crippen molar-refractivity contribution in [2.24, 2.45) is 0 Å². The summed E-state index contributed by atoms with van der Waals surface area (Å²) in [6, 6.07) is 10.6. The van der Waals surface area contributed by atoms with Crippen molar-refractivity contribution in [3.63, 3.8) is 0 Å². The minimum absolute atomic E-state index is 0.577. The Balaban J connectivity index is 1.77. The van der Waals surface area contributed by atoms with Gasteiger partial charge in [0.2, 0.25) is 0 Å². The number of rotatable bonds is 1. The predicted molar refractivity (Wildman–Crippen MR) is 98.5 cm³/mol. The standard InChI is InChI=1S/C20H12F3N3S/c1-13-11-18(14-4-7-16(8-5-14)20(21,22)23)25-19-15(12-24-26(13)19)6-9-17-3-2-10-27-17/h2-5,7-8,10-12H,1H3. The van der Waals surface area contributed by atoms with Crippen LogP contribution in [-0.4, -0.2) is 14.6 Å². The number of thiophene rings is 1. The van der Waals surface area contributed by atoms with Crippen LogP contribution < -0.4 is 0 Å². The summed E-state index contributed by atoms with van der Waals surface area (Å²) in [5, 5.41) is 6.26. The van der Waals surface area contributed by atoms with E-state index in [2.05, 4.69) is 21.9 Å². The summed E-state index contributed by atoms with van der Waals surface area (Å²) in [5.74, 6) is 6.14. The van der Waals surface area contributed by atoms with Crippen LogP contribution in [0.3, 0.4) is 0 Å². The minimum Gasteiger partial charge on any atom is -0.227 e. The van der Waals surface area contributed by atoms with Gasteiger partial charge in [-0.25, -0.2) is 9.50 Å². The van der Waals surface area contributed by atoms with E-state index in [4.69, 9.17) is 0 Å². The van der Waals surface area contributed by atoms with Crippen molar-refractivity contribution < 1.29 is 13.2 Å². The molecule has 134 valence electrons. The fourth-order valence-electron chi connectivity index (χ4n) is 2.66. The van der Waals surface area contributed by atoms with Gasteiger partial charge in [0.1, 0.15) is 0 Å². The van der Waals surface area contributed by atoms with Gasteiger partial charge in [0, 0.05) is 11.3 Å². The molecule has 3 aromatic heterocycles. The van der Waals surface area contributed by atoms with Crippen LogP contribution in [0, 0.1) is 18.8 Å². The molecule has 3 nitrogen and oxygen atoms in total. The van der Waals surface area contributed by atoms with E-state index in [0.717, 1.165) is 22.7 Å². The predicted octanol–water partition coefficient (Wildman–Crippen LogP) is 5.18. The van der Waals surface area contributed by atoms with E-state index < -0.39 is 11.7 Å². The van der Waals surface area contributed by atoms with Crippen molar-refractivity contribution in [2.75, 3.05) is 0 Å². The molecule has 0 bridgehead atoms. The zero-order chi connectivity index (χ0) is 19.0. The molecule has 4 rings (SSSR count). The van der Waals surface area contributed by atoms with Crippen molar-refractivity contribution in [1.82, 2.24) is 14.6 Å². The van der Waals surface area contributed by atoms with Crippen molar-refractivity contribution >= 4 is 17.0 Å². The summed E-state index contributed by atoms with van der Waals surface area (Å²) in [6.07, 6.45) is -2.71. The van der Waals surface area contributed by atoms with Gasteiger partial charge in [-0.15, -0.1) is 11.3 Å². The fourth-order valence-corrected chi connectivity index (χ4v) is 3.23. The van der Waals surface area contributed by atoms with Gasteiger partial charge >= 0.3 is 6.18 Å². The molecule has 0 saturated heterocycles. The molecule has 0 amide bonds. The van der Waals surface area contributed by atoms with Crippen LogP contribution in [0.15, 0.2) is 54.0 Å². The van der Waals surface area contributed by atoms with Gasteiger partial charge in [0.25, 0.3) is 0 Å². The smallest absolute Gasteiger partial charge is 0.227 e. The molecule has 0 aliphatic heterocycles. The summed E-state index contributed by atoms with van der Waals surface area (Å²) in [7, 11) is 0. The van der Waals surface area contributed by atoms with E-state index in [-0.39, 0.29) is 0 Å². The highest BCUT2D eigenvalue weighted by Gasteiger charge is 2.30. The molecule has 0 N–H and O–H groups in total. The zero-order valence-electron chi connectivity index (χ0n) is 14.1. The molecule has 0 atom stereocenters. The Kier molecular flexibility index (Phi) is 4.21. The first kappa shape index (κ1) is 17.3. The van der Waals surface area contributed by atoms with Gasteiger partial charge in [-0.1, -0.05) is 30.0 Å². The summed E-state index contributed by atoms with van der Waals surface area (Å²) in [5.41, 5.74) is 2.56. The molecule has 3 heterocycles. The maximum absolute atomic E-state index is 12.8. The lowest BCUT2D eigenvalue weighted by Crippen LogP contribution is -2.04. The molecule has 27 heavy (non-hydrogen) atoms. The number of halogens is 3. The topological polar surface area (TPSA) is 30.2 Å². The molecular weight excluding hydrogens is 371 g/mol. The Hall–Kier alpha value is -3.11. The Morgan fingerprint density at radius 2 is 1.85 bits per heavy atom. The second-order valence-corrected chi connectivity index (χ2v) is 6.83. The Bertz CT molecular complexity index is 1160. The fraction of sp³-hybridized carbons (Fsp3) is 0.100. The highest BCUT2D eigenvalue weighted by atomic mass is 32.1. The summed E-state index contributed by atoms with van der Waals surface area (Å²) >= 11 is 1.54. The van der Waals surface area contributed by atoms with E-state index in [1.165, 1.54) is 12.1 Å². The van der Waals surface area contributed by atoms with Crippen LogP contribution in [0.1, 0.15) is 21.7 Å². The summed E-state index contributed by atoms with van der Waals surface area (Å²) in [6.45, 7) is 1.87. The number of benzene rings is 1. The van der Waals surface area contributed by atoms with Gasteiger partial charge < -0.3 is 0 Å². The van der Waals surface area contributed by atoms with Crippen molar-refractivity contribution in [2.45, 2.75) is 13.1 Å². The van der Waals surface area contributed by atoms with Gasteiger partial charge in [0.05, 0.1) is 27.9 Å².